The SMILES string of the molecule is NCCCCC(NC(=O)C(CC(N)=O)NC(=O)C1CCCN1)C(=O)NC(CCCN=C(N)N)C(=O)O. The number of carboxylic acids is 1. The first kappa shape index (κ1) is 30.6. The summed E-state index contributed by atoms with van der Waals surface area (Å²) in [5.74, 6) is -4.17. The van der Waals surface area contributed by atoms with Crippen LogP contribution < -0.4 is 44.2 Å². The normalized spacial score (nSPS) is 17.3. The molecule has 0 radical (unpaired) electrons. The van der Waals surface area contributed by atoms with Crippen molar-refractivity contribution in [2.75, 3.05) is 19.6 Å². The molecule has 0 aromatic heterocycles. The minimum Gasteiger partial charge on any atom is -0.480 e. The van der Waals surface area contributed by atoms with Crippen LogP contribution in [0.25, 0.3) is 0 Å². The van der Waals surface area contributed by atoms with Crippen LogP contribution >= 0.6 is 0 Å². The van der Waals surface area contributed by atoms with E-state index in [0.29, 0.717) is 38.8 Å². The fourth-order valence-electron chi connectivity index (χ4n) is 3.66. The molecule has 13 N–H and O–H groups in total. The summed E-state index contributed by atoms with van der Waals surface area (Å²) in [5, 5.41) is 19.9. The van der Waals surface area contributed by atoms with Gasteiger partial charge in [0, 0.05) is 6.54 Å². The van der Waals surface area contributed by atoms with Gasteiger partial charge in [-0.1, -0.05) is 0 Å². The molecule has 0 saturated carbocycles. The Hall–Kier alpha value is -3.46. The number of aliphatic carboxylic acids is 1. The van der Waals surface area contributed by atoms with Crippen LogP contribution in [0.15, 0.2) is 4.99 Å². The second-order valence-corrected chi connectivity index (χ2v) is 8.57. The molecule has 0 spiro atoms. The third kappa shape index (κ3) is 11.8. The van der Waals surface area contributed by atoms with Gasteiger partial charge in [0.15, 0.2) is 5.96 Å². The number of hydrogen-bond acceptors (Lipinski definition) is 8. The predicted molar refractivity (Wildman–Crippen MR) is 131 cm³/mol. The number of primary amides is 1. The highest BCUT2D eigenvalue weighted by Crippen LogP contribution is 2.08. The van der Waals surface area contributed by atoms with Gasteiger partial charge in [0.2, 0.25) is 23.6 Å². The zero-order valence-electron chi connectivity index (χ0n) is 20.3. The number of nitrogens with zero attached hydrogens (tertiary/aromatic N) is 1. The van der Waals surface area contributed by atoms with Crippen molar-refractivity contribution in [3.8, 4) is 0 Å². The van der Waals surface area contributed by atoms with Crippen molar-refractivity contribution in [1.82, 2.24) is 21.3 Å². The van der Waals surface area contributed by atoms with Gasteiger partial charge in [-0.05, 0) is 58.0 Å². The summed E-state index contributed by atoms with van der Waals surface area (Å²) in [4.78, 5) is 65.3. The van der Waals surface area contributed by atoms with Gasteiger partial charge >= 0.3 is 5.97 Å². The third-order valence-corrected chi connectivity index (χ3v) is 5.55. The molecule has 36 heavy (non-hydrogen) atoms. The summed E-state index contributed by atoms with van der Waals surface area (Å²) >= 11 is 0. The average molecular weight is 514 g/mol. The maximum Gasteiger partial charge on any atom is 0.326 e. The molecule has 0 aromatic rings. The summed E-state index contributed by atoms with van der Waals surface area (Å²) < 4.78 is 0. The lowest BCUT2D eigenvalue weighted by Gasteiger charge is -2.25. The van der Waals surface area contributed by atoms with Crippen LogP contribution in [0.5, 0.6) is 0 Å². The number of hydrogen-bond donors (Lipinski definition) is 9. The first-order valence-electron chi connectivity index (χ1n) is 12.0. The number of carbonyl (C=O) groups excluding carboxylic acids is 4. The molecule has 1 rings (SSSR count). The predicted octanol–water partition coefficient (Wildman–Crippen LogP) is -3.66. The summed E-state index contributed by atoms with van der Waals surface area (Å²) in [6.07, 6.45) is 2.45. The van der Waals surface area contributed by atoms with E-state index >= 15 is 0 Å². The highest BCUT2D eigenvalue weighted by molar-refractivity contribution is 5.96. The van der Waals surface area contributed by atoms with Crippen molar-refractivity contribution in [1.29, 1.82) is 0 Å². The fraction of sp³-hybridized carbons (Fsp3) is 0.714. The molecule has 1 saturated heterocycles. The Bertz CT molecular complexity index is 797. The zero-order chi connectivity index (χ0) is 27.1. The van der Waals surface area contributed by atoms with Crippen molar-refractivity contribution in [3.05, 3.63) is 0 Å². The van der Waals surface area contributed by atoms with Crippen LogP contribution in [-0.2, 0) is 24.0 Å². The molecule has 0 bridgehead atoms. The molecule has 0 aliphatic carbocycles. The van der Waals surface area contributed by atoms with E-state index in [1.54, 1.807) is 0 Å². The van der Waals surface area contributed by atoms with E-state index in [0.717, 1.165) is 6.42 Å². The van der Waals surface area contributed by atoms with Crippen LogP contribution in [0.3, 0.4) is 0 Å². The van der Waals surface area contributed by atoms with Crippen LogP contribution in [0.1, 0.15) is 51.4 Å². The van der Waals surface area contributed by atoms with E-state index in [9.17, 15) is 29.1 Å². The van der Waals surface area contributed by atoms with E-state index in [1.165, 1.54) is 0 Å². The smallest absolute Gasteiger partial charge is 0.326 e. The molecule has 1 aliphatic heterocycles. The minimum absolute atomic E-state index is 0.0517. The molecule has 4 amide bonds. The van der Waals surface area contributed by atoms with E-state index in [1.807, 2.05) is 0 Å². The number of aliphatic imine (C=N–C) groups is 1. The van der Waals surface area contributed by atoms with Gasteiger partial charge < -0.3 is 49.3 Å². The molecule has 204 valence electrons. The number of unbranched alkanes of at least 4 members (excludes halogenated alkanes) is 1. The van der Waals surface area contributed by atoms with E-state index in [-0.39, 0.29) is 25.3 Å². The Kier molecular flexibility index (Phi) is 13.8. The Morgan fingerprint density at radius 3 is 2.11 bits per heavy atom. The molecule has 15 heteroatoms. The molecule has 0 aromatic carbocycles. The number of guanidine groups is 1. The summed E-state index contributed by atoms with van der Waals surface area (Å²) in [5.41, 5.74) is 21.3. The first-order valence-corrected chi connectivity index (χ1v) is 12.0. The van der Waals surface area contributed by atoms with Gasteiger partial charge in [-0.15, -0.1) is 0 Å². The van der Waals surface area contributed by atoms with E-state index in [4.69, 9.17) is 22.9 Å². The Morgan fingerprint density at radius 2 is 1.56 bits per heavy atom. The van der Waals surface area contributed by atoms with Crippen molar-refractivity contribution in [2.45, 2.75) is 75.5 Å². The maximum absolute atomic E-state index is 13.0. The van der Waals surface area contributed by atoms with Gasteiger partial charge in [0.05, 0.1) is 12.5 Å². The fourth-order valence-corrected chi connectivity index (χ4v) is 3.66. The lowest BCUT2D eigenvalue weighted by Crippen LogP contribution is -2.57. The Balaban J connectivity index is 2.89. The van der Waals surface area contributed by atoms with Crippen molar-refractivity contribution >= 4 is 35.6 Å². The molecule has 1 fully saturated rings. The van der Waals surface area contributed by atoms with Crippen molar-refractivity contribution < 1.29 is 29.1 Å². The summed E-state index contributed by atoms with van der Waals surface area (Å²) in [7, 11) is 0. The van der Waals surface area contributed by atoms with E-state index in [2.05, 4.69) is 26.3 Å². The largest absolute Gasteiger partial charge is 0.480 e. The second-order valence-electron chi connectivity index (χ2n) is 8.57. The number of nitrogens with one attached hydrogen (secondary N) is 4. The quantitative estimate of drug-likeness (QED) is 0.0522. The van der Waals surface area contributed by atoms with Gasteiger partial charge in [0.1, 0.15) is 18.1 Å². The number of carbonyl (C=O) groups is 5. The number of rotatable bonds is 17. The van der Waals surface area contributed by atoms with Crippen LogP contribution in [0.2, 0.25) is 0 Å². The molecular weight excluding hydrogens is 474 g/mol. The molecule has 1 aliphatic rings. The lowest BCUT2D eigenvalue weighted by atomic mass is 10.1. The third-order valence-electron chi connectivity index (χ3n) is 5.55. The standard InChI is InChI=1S/C21H39N9O6/c22-8-2-1-5-13(18(33)29-14(20(35)36)7-4-10-27-21(24)25)28-19(34)15(11-16(23)31)30-17(32)12-6-3-9-26-12/h12-15,26H,1-11,22H2,(H2,23,31)(H,28,34)(H,29,33)(H,30,32)(H,35,36)(H4,24,25,27). The van der Waals surface area contributed by atoms with Crippen LogP contribution in [0, 0.1) is 0 Å². The highest BCUT2D eigenvalue weighted by Gasteiger charge is 2.32. The van der Waals surface area contributed by atoms with Crippen molar-refractivity contribution in [2.24, 2.45) is 27.9 Å². The van der Waals surface area contributed by atoms with Crippen molar-refractivity contribution in [3.63, 3.8) is 0 Å². The molecule has 4 unspecified atom stereocenters. The highest BCUT2D eigenvalue weighted by atomic mass is 16.4. The van der Waals surface area contributed by atoms with Gasteiger partial charge in [-0.2, -0.15) is 0 Å². The number of carboxylic acid groups (broad SMARTS) is 1. The molecule has 1 heterocycles. The first-order chi connectivity index (χ1) is 17.0. The lowest BCUT2D eigenvalue weighted by molar-refractivity contribution is -0.142. The summed E-state index contributed by atoms with van der Waals surface area (Å²) in [6.45, 7) is 1.20. The number of nitrogens with two attached hydrogens (primary N) is 4. The van der Waals surface area contributed by atoms with Crippen LogP contribution in [0.4, 0.5) is 0 Å². The van der Waals surface area contributed by atoms with Crippen LogP contribution in [-0.4, -0.2) is 84.5 Å². The Labute approximate surface area is 209 Å². The summed E-state index contributed by atoms with van der Waals surface area (Å²) in [6, 6.07) is -4.15. The van der Waals surface area contributed by atoms with E-state index < -0.39 is 60.2 Å². The molecular formula is C21H39N9O6. The maximum atomic E-state index is 13.0. The van der Waals surface area contributed by atoms with Gasteiger partial charge in [0.25, 0.3) is 0 Å². The van der Waals surface area contributed by atoms with Gasteiger partial charge in [-0.25, -0.2) is 4.79 Å². The minimum atomic E-state index is -1.29. The number of amides is 4. The molecule has 4 atom stereocenters. The van der Waals surface area contributed by atoms with Gasteiger partial charge in [-0.3, -0.25) is 24.2 Å². The Morgan fingerprint density at radius 1 is 0.917 bits per heavy atom. The average Bonchev–Trinajstić information content (AvgIpc) is 3.34. The topological polar surface area (TPSA) is 270 Å². The zero-order valence-corrected chi connectivity index (χ0v) is 20.3. The molecule has 15 nitrogen and oxygen atoms in total. The second kappa shape index (κ2) is 16.3. The monoisotopic (exact) mass is 513 g/mol.